The Bertz CT molecular complexity index is 223. The number of carbonyl (C=O) groups excluding carboxylic acids is 1. The van der Waals surface area contributed by atoms with E-state index in [1.165, 1.54) is 12.8 Å². The van der Waals surface area contributed by atoms with Gasteiger partial charge in [0.25, 0.3) is 0 Å². The Morgan fingerprint density at radius 2 is 2.33 bits per heavy atom. The number of likely N-dealkylation sites (tertiary alicyclic amines) is 1. The minimum atomic E-state index is -0.0663. The van der Waals surface area contributed by atoms with Crippen molar-refractivity contribution in [2.75, 3.05) is 33.1 Å². The first-order chi connectivity index (χ1) is 7.06. The summed E-state index contributed by atoms with van der Waals surface area (Å²) in [6, 6.07) is 0.529. The number of likely N-dealkylation sites (N-methyl/N-ethyl adjacent to an activating group) is 2. The lowest BCUT2D eigenvalue weighted by Gasteiger charge is -2.27. The van der Waals surface area contributed by atoms with Crippen LogP contribution in [0.4, 0.5) is 0 Å². The average Bonchev–Trinajstić information content (AvgIpc) is 2.62. The summed E-state index contributed by atoms with van der Waals surface area (Å²) in [6.07, 6.45) is 2.44. The summed E-state index contributed by atoms with van der Waals surface area (Å²) in [5.74, 6) is 0.498. The quantitative estimate of drug-likeness (QED) is 0.685. The predicted octanol–water partition coefficient (Wildman–Crippen LogP) is 1.41. The molecule has 1 aliphatic heterocycles. The fourth-order valence-corrected chi connectivity index (χ4v) is 2.19. The van der Waals surface area contributed by atoms with Crippen LogP contribution >= 0.6 is 11.6 Å². The van der Waals surface area contributed by atoms with Gasteiger partial charge < -0.3 is 9.80 Å². The standard InChI is InChI=1S/C11H21ClN2O/c1-9(7-12)11(15)14(3)8-10-5-4-6-13(10)2/h9-10H,4-8H2,1-3H3. The maximum absolute atomic E-state index is 11.8. The average molecular weight is 233 g/mol. The smallest absolute Gasteiger partial charge is 0.226 e. The molecule has 0 aromatic rings. The van der Waals surface area contributed by atoms with Crippen molar-refractivity contribution in [3.8, 4) is 0 Å². The van der Waals surface area contributed by atoms with Crippen LogP contribution in [-0.4, -0.2) is 54.8 Å². The minimum absolute atomic E-state index is 0.0663. The number of alkyl halides is 1. The fraction of sp³-hybridized carbons (Fsp3) is 0.909. The van der Waals surface area contributed by atoms with Crippen molar-refractivity contribution >= 4 is 17.5 Å². The van der Waals surface area contributed by atoms with Crippen LogP contribution in [0.1, 0.15) is 19.8 Å². The van der Waals surface area contributed by atoms with Crippen molar-refractivity contribution in [2.45, 2.75) is 25.8 Å². The van der Waals surface area contributed by atoms with E-state index in [-0.39, 0.29) is 11.8 Å². The van der Waals surface area contributed by atoms with Crippen LogP contribution in [0, 0.1) is 5.92 Å². The molecule has 1 saturated heterocycles. The maximum atomic E-state index is 11.8. The van der Waals surface area contributed by atoms with Crippen LogP contribution in [0.5, 0.6) is 0 Å². The van der Waals surface area contributed by atoms with Crippen LogP contribution in [0.15, 0.2) is 0 Å². The summed E-state index contributed by atoms with van der Waals surface area (Å²) in [5.41, 5.74) is 0. The lowest BCUT2D eigenvalue weighted by atomic mass is 10.1. The van der Waals surface area contributed by atoms with Crippen LogP contribution in [0.3, 0.4) is 0 Å². The van der Waals surface area contributed by atoms with Crippen molar-refractivity contribution in [2.24, 2.45) is 5.92 Å². The number of hydrogen-bond donors (Lipinski definition) is 0. The highest BCUT2D eigenvalue weighted by atomic mass is 35.5. The van der Waals surface area contributed by atoms with Gasteiger partial charge in [0.1, 0.15) is 0 Å². The normalized spacial score (nSPS) is 24.1. The molecule has 4 heteroatoms. The molecule has 1 heterocycles. The molecule has 0 N–H and O–H groups in total. The third-order valence-corrected chi connectivity index (χ3v) is 3.65. The van der Waals surface area contributed by atoms with Gasteiger partial charge in [-0.15, -0.1) is 11.6 Å². The van der Waals surface area contributed by atoms with Crippen LogP contribution in [0.25, 0.3) is 0 Å². The highest BCUT2D eigenvalue weighted by Crippen LogP contribution is 2.16. The molecule has 0 saturated carbocycles. The second-order valence-corrected chi connectivity index (χ2v) is 4.86. The zero-order valence-corrected chi connectivity index (χ0v) is 10.6. The van der Waals surface area contributed by atoms with E-state index in [0.717, 1.165) is 13.1 Å². The van der Waals surface area contributed by atoms with E-state index in [4.69, 9.17) is 11.6 Å². The largest absolute Gasteiger partial charge is 0.344 e. The Morgan fingerprint density at radius 1 is 1.67 bits per heavy atom. The second-order valence-electron chi connectivity index (χ2n) is 4.55. The molecule has 88 valence electrons. The Morgan fingerprint density at radius 3 is 2.80 bits per heavy atom. The van der Waals surface area contributed by atoms with E-state index in [2.05, 4.69) is 11.9 Å². The molecular weight excluding hydrogens is 212 g/mol. The Labute approximate surface area is 97.4 Å². The van der Waals surface area contributed by atoms with Gasteiger partial charge in [0.15, 0.2) is 0 Å². The number of halogens is 1. The molecule has 0 aromatic carbocycles. The van der Waals surface area contributed by atoms with Crippen molar-refractivity contribution in [3.63, 3.8) is 0 Å². The highest BCUT2D eigenvalue weighted by molar-refractivity contribution is 6.19. The Kier molecular flexibility index (Phi) is 4.87. The predicted molar refractivity (Wildman–Crippen MR) is 63.2 cm³/mol. The third-order valence-electron chi connectivity index (χ3n) is 3.19. The molecule has 0 aromatic heterocycles. The molecule has 0 bridgehead atoms. The SMILES string of the molecule is CC(CCl)C(=O)N(C)CC1CCCN1C. The molecule has 3 nitrogen and oxygen atoms in total. The van der Waals surface area contributed by atoms with Crippen molar-refractivity contribution in [1.82, 2.24) is 9.80 Å². The van der Waals surface area contributed by atoms with Crippen LogP contribution < -0.4 is 0 Å². The molecule has 1 amide bonds. The van der Waals surface area contributed by atoms with Gasteiger partial charge in [-0.3, -0.25) is 4.79 Å². The van der Waals surface area contributed by atoms with Gasteiger partial charge in [-0.25, -0.2) is 0 Å². The van der Waals surface area contributed by atoms with E-state index in [9.17, 15) is 4.79 Å². The van der Waals surface area contributed by atoms with E-state index in [0.29, 0.717) is 11.9 Å². The number of carbonyl (C=O) groups is 1. The first-order valence-electron chi connectivity index (χ1n) is 5.57. The van der Waals surface area contributed by atoms with Crippen molar-refractivity contribution < 1.29 is 4.79 Å². The molecule has 2 atom stereocenters. The summed E-state index contributed by atoms with van der Waals surface area (Å²) >= 11 is 5.68. The van der Waals surface area contributed by atoms with E-state index in [1.54, 1.807) is 0 Å². The molecule has 0 aliphatic carbocycles. The van der Waals surface area contributed by atoms with Crippen LogP contribution in [-0.2, 0) is 4.79 Å². The molecule has 0 spiro atoms. The number of hydrogen-bond acceptors (Lipinski definition) is 2. The zero-order chi connectivity index (χ0) is 11.4. The van der Waals surface area contributed by atoms with E-state index >= 15 is 0 Å². The number of nitrogens with zero attached hydrogens (tertiary/aromatic N) is 2. The van der Waals surface area contributed by atoms with Crippen molar-refractivity contribution in [3.05, 3.63) is 0 Å². The van der Waals surface area contributed by atoms with Crippen LogP contribution in [0.2, 0.25) is 0 Å². The van der Waals surface area contributed by atoms with Gasteiger partial charge in [0, 0.05) is 31.4 Å². The molecule has 1 aliphatic rings. The van der Waals surface area contributed by atoms with Gasteiger partial charge in [0.05, 0.1) is 0 Å². The second kappa shape index (κ2) is 5.71. The third kappa shape index (κ3) is 3.35. The number of rotatable bonds is 4. The first kappa shape index (κ1) is 12.8. The Balaban J connectivity index is 2.40. The summed E-state index contributed by atoms with van der Waals surface area (Å²) in [7, 11) is 4.00. The minimum Gasteiger partial charge on any atom is -0.344 e. The monoisotopic (exact) mass is 232 g/mol. The van der Waals surface area contributed by atoms with Gasteiger partial charge in [0.2, 0.25) is 5.91 Å². The maximum Gasteiger partial charge on any atom is 0.226 e. The Hall–Kier alpha value is -0.280. The lowest BCUT2D eigenvalue weighted by Crippen LogP contribution is -2.41. The summed E-state index contributed by atoms with van der Waals surface area (Å²) in [5, 5.41) is 0. The molecule has 2 unspecified atom stereocenters. The van der Waals surface area contributed by atoms with Crippen molar-refractivity contribution in [1.29, 1.82) is 0 Å². The van der Waals surface area contributed by atoms with Gasteiger partial charge in [-0.05, 0) is 26.4 Å². The van der Waals surface area contributed by atoms with Gasteiger partial charge >= 0.3 is 0 Å². The molecule has 0 radical (unpaired) electrons. The van der Waals surface area contributed by atoms with E-state index in [1.807, 2.05) is 18.9 Å². The van der Waals surface area contributed by atoms with Gasteiger partial charge in [-0.2, -0.15) is 0 Å². The summed E-state index contributed by atoms with van der Waals surface area (Å²) in [4.78, 5) is 15.9. The zero-order valence-electron chi connectivity index (χ0n) is 9.87. The fourth-order valence-electron chi connectivity index (χ4n) is 2.06. The molecule has 1 rings (SSSR count). The van der Waals surface area contributed by atoms with Gasteiger partial charge in [-0.1, -0.05) is 6.92 Å². The summed E-state index contributed by atoms with van der Waals surface area (Å²) in [6.45, 7) is 3.86. The topological polar surface area (TPSA) is 23.6 Å². The van der Waals surface area contributed by atoms with E-state index < -0.39 is 0 Å². The number of amides is 1. The molecular formula is C11H21ClN2O. The molecule has 15 heavy (non-hydrogen) atoms. The highest BCUT2D eigenvalue weighted by Gasteiger charge is 2.25. The first-order valence-corrected chi connectivity index (χ1v) is 6.11. The lowest BCUT2D eigenvalue weighted by molar-refractivity contribution is -0.133. The summed E-state index contributed by atoms with van der Waals surface area (Å²) < 4.78 is 0. The molecule has 1 fully saturated rings.